The summed E-state index contributed by atoms with van der Waals surface area (Å²) in [5.74, 6) is -0.182. The van der Waals surface area contributed by atoms with Gasteiger partial charge in [-0.25, -0.2) is 4.39 Å². The van der Waals surface area contributed by atoms with Crippen molar-refractivity contribution in [2.24, 2.45) is 0 Å². The van der Waals surface area contributed by atoms with Crippen LogP contribution in [0.2, 0.25) is 0 Å². The molecule has 2 nitrogen and oxygen atoms in total. The lowest BCUT2D eigenvalue weighted by molar-refractivity contribution is 0.0534. The van der Waals surface area contributed by atoms with Crippen molar-refractivity contribution in [1.29, 1.82) is 0 Å². The number of hydrogen-bond acceptors (Lipinski definition) is 2. The smallest absolute Gasteiger partial charge is 0.129 e. The molecule has 1 aliphatic rings. The van der Waals surface area contributed by atoms with E-state index in [1.807, 2.05) is 0 Å². The van der Waals surface area contributed by atoms with Crippen LogP contribution in [0.3, 0.4) is 0 Å². The lowest BCUT2D eigenvalue weighted by Gasteiger charge is -2.17. The number of benzene rings is 1. The molecular weight excluding hydrogens is 219 g/mol. The third kappa shape index (κ3) is 2.85. The van der Waals surface area contributed by atoms with E-state index in [9.17, 15) is 9.50 Å². The fourth-order valence-corrected chi connectivity index (χ4v) is 2.39. The summed E-state index contributed by atoms with van der Waals surface area (Å²) in [5.41, 5.74) is 1.97. The molecule has 1 N–H and O–H groups in total. The molecule has 1 fully saturated rings. The maximum atomic E-state index is 13.5. The van der Waals surface area contributed by atoms with Crippen molar-refractivity contribution in [3.63, 3.8) is 0 Å². The van der Waals surface area contributed by atoms with Gasteiger partial charge in [0, 0.05) is 13.0 Å². The number of aliphatic hydroxyl groups excluding tert-OH is 1. The SMILES string of the molecule is Cc1cc(C(O)CC2CCCO2)cc(C)c1F. The summed E-state index contributed by atoms with van der Waals surface area (Å²) in [4.78, 5) is 0. The van der Waals surface area contributed by atoms with Gasteiger partial charge in [-0.3, -0.25) is 0 Å². The molecule has 0 saturated carbocycles. The molecule has 0 amide bonds. The number of rotatable bonds is 3. The van der Waals surface area contributed by atoms with Gasteiger partial charge in [-0.2, -0.15) is 0 Å². The molecule has 3 heteroatoms. The molecule has 1 aromatic rings. The molecule has 2 atom stereocenters. The monoisotopic (exact) mass is 238 g/mol. The molecular formula is C14H19FO2. The van der Waals surface area contributed by atoms with E-state index in [1.54, 1.807) is 26.0 Å². The second-order valence-corrected chi connectivity index (χ2v) is 4.86. The average molecular weight is 238 g/mol. The van der Waals surface area contributed by atoms with E-state index < -0.39 is 6.10 Å². The Labute approximate surface area is 101 Å². The number of aliphatic hydroxyl groups is 1. The van der Waals surface area contributed by atoms with Crippen LogP contribution in [0.25, 0.3) is 0 Å². The first-order valence-electron chi connectivity index (χ1n) is 6.14. The van der Waals surface area contributed by atoms with Gasteiger partial charge in [-0.1, -0.05) is 12.1 Å². The summed E-state index contributed by atoms with van der Waals surface area (Å²) in [6.45, 7) is 4.24. The molecule has 2 rings (SSSR count). The van der Waals surface area contributed by atoms with Gasteiger partial charge in [0.25, 0.3) is 0 Å². The number of aryl methyl sites for hydroxylation is 2. The van der Waals surface area contributed by atoms with Crippen LogP contribution in [0.5, 0.6) is 0 Å². The molecule has 1 heterocycles. The third-order valence-corrected chi connectivity index (χ3v) is 3.35. The summed E-state index contributed by atoms with van der Waals surface area (Å²) in [6.07, 6.45) is 2.27. The number of halogens is 1. The van der Waals surface area contributed by atoms with Crippen molar-refractivity contribution < 1.29 is 14.2 Å². The molecule has 94 valence electrons. The predicted molar refractivity (Wildman–Crippen MR) is 64.4 cm³/mol. The molecule has 0 aliphatic carbocycles. The first kappa shape index (κ1) is 12.5. The van der Waals surface area contributed by atoms with Crippen LogP contribution in [0.15, 0.2) is 12.1 Å². The van der Waals surface area contributed by atoms with E-state index in [0.29, 0.717) is 17.5 Å². The zero-order valence-corrected chi connectivity index (χ0v) is 10.4. The van der Waals surface area contributed by atoms with E-state index in [0.717, 1.165) is 25.0 Å². The highest BCUT2D eigenvalue weighted by atomic mass is 19.1. The Morgan fingerprint density at radius 3 is 2.59 bits per heavy atom. The van der Waals surface area contributed by atoms with E-state index in [-0.39, 0.29) is 11.9 Å². The van der Waals surface area contributed by atoms with Gasteiger partial charge in [-0.15, -0.1) is 0 Å². The summed E-state index contributed by atoms with van der Waals surface area (Å²) < 4.78 is 19.0. The van der Waals surface area contributed by atoms with Gasteiger partial charge in [-0.05, 0) is 43.4 Å². The van der Waals surface area contributed by atoms with E-state index >= 15 is 0 Å². The second-order valence-electron chi connectivity index (χ2n) is 4.86. The number of hydrogen-bond donors (Lipinski definition) is 1. The standard InChI is InChI=1S/C14H19FO2/c1-9-6-11(7-10(2)14(9)15)13(16)8-12-4-3-5-17-12/h6-7,12-13,16H,3-5,8H2,1-2H3. The topological polar surface area (TPSA) is 29.5 Å². The van der Waals surface area contributed by atoms with Gasteiger partial charge in [0.05, 0.1) is 12.2 Å². The molecule has 0 spiro atoms. The molecule has 0 radical (unpaired) electrons. The largest absolute Gasteiger partial charge is 0.388 e. The minimum Gasteiger partial charge on any atom is -0.388 e. The van der Waals surface area contributed by atoms with Crippen LogP contribution >= 0.6 is 0 Å². The number of ether oxygens (including phenoxy) is 1. The minimum atomic E-state index is -0.559. The van der Waals surface area contributed by atoms with Crippen molar-refractivity contribution in [2.45, 2.75) is 45.3 Å². The minimum absolute atomic E-state index is 0.149. The fourth-order valence-electron chi connectivity index (χ4n) is 2.39. The van der Waals surface area contributed by atoms with Crippen molar-refractivity contribution in [1.82, 2.24) is 0 Å². The highest BCUT2D eigenvalue weighted by Gasteiger charge is 2.21. The summed E-state index contributed by atoms with van der Waals surface area (Å²) >= 11 is 0. The van der Waals surface area contributed by atoms with Crippen molar-refractivity contribution in [2.75, 3.05) is 6.61 Å². The van der Waals surface area contributed by atoms with Gasteiger partial charge in [0.15, 0.2) is 0 Å². The highest BCUT2D eigenvalue weighted by Crippen LogP contribution is 2.27. The van der Waals surface area contributed by atoms with Crippen molar-refractivity contribution in [3.05, 3.63) is 34.6 Å². The lowest BCUT2D eigenvalue weighted by Crippen LogP contribution is -2.11. The Bertz CT molecular complexity index is 374. The van der Waals surface area contributed by atoms with Crippen LogP contribution in [0.4, 0.5) is 4.39 Å². The molecule has 1 saturated heterocycles. The molecule has 17 heavy (non-hydrogen) atoms. The highest BCUT2D eigenvalue weighted by molar-refractivity contribution is 5.31. The molecule has 2 unspecified atom stereocenters. The predicted octanol–water partition coefficient (Wildman–Crippen LogP) is 3.05. The van der Waals surface area contributed by atoms with Crippen LogP contribution in [-0.2, 0) is 4.74 Å². The maximum Gasteiger partial charge on any atom is 0.129 e. The van der Waals surface area contributed by atoms with Crippen molar-refractivity contribution >= 4 is 0 Å². The maximum absolute atomic E-state index is 13.5. The van der Waals surface area contributed by atoms with Crippen LogP contribution in [0, 0.1) is 19.7 Å². The van der Waals surface area contributed by atoms with E-state index in [1.165, 1.54) is 0 Å². The molecule has 1 aliphatic heterocycles. The lowest BCUT2D eigenvalue weighted by atomic mass is 9.98. The zero-order chi connectivity index (χ0) is 12.4. The van der Waals surface area contributed by atoms with Gasteiger partial charge in [0.1, 0.15) is 5.82 Å². The fraction of sp³-hybridized carbons (Fsp3) is 0.571. The Morgan fingerprint density at radius 1 is 1.41 bits per heavy atom. The van der Waals surface area contributed by atoms with Crippen molar-refractivity contribution in [3.8, 4) is 0 Å². The van der Waals surface area contributed by atoms with Crippen LogP contribution in [0.1, 0.15) is 42.1 Å². The first-order valence-corrected chi connectivity index (χ1v) is 6.14. The summed E-state index contributed by atoms with van der Waals surface area (Å²) in [7, 11) is 0. The normalized spacial score (nSPS) is 21.8. The summed E-state index contributed by atoms with van der Waals surface area (Å²) in [5, 5.41) is 10.1. The van der Waals surface area contributed by atoms with Gasteiger partial charge >= 0.3 is 0 Å². The van der Waals surface area contributed by atoms with Crippen LogP contribution < -0.4 is 0 Å². The zero-order valence-electron chi connectivity index (χ0n) is 10.4. The molecule has 1 aromatic carbocycles. The van der Waals surface area contributed by atoms with Gasteiger partial charge < -0.3 is 9.84 Å². The van der Waals surface area contributed by atoms with Crippen LogP contribution in [-0.4, -0.2) is 17.8 Å². The second kappa shape index (κ2) is 5.15. The van der Waals surface area contributed by atoms with Gasteiger partial charge in [0.2, 0.25) is 0 Å². The Balaban J connectivity index is 2.10. The summed E-state index contributed by atoms with van der Waals surface area (Å²) in [6, 6.07) is 3.45. The van der Waals surface area contributed by atoms with E-state index in [2.05, 4.69) is 0 Å². The first-order chi connectivity index (χ1) is 8.08. The Morgan fingerprint density at radius 2 is 2.06 bits per heavy atom. The molecule has 0 bridgehead atoms. The quantitative estimate of drug-likeness (QED) is 0.877. The molecule has 0 aromatic heterocycles. The average Bonchev–Trinajstić information content (AvgIpc) is 2.77. The third-order valence-electron chi connectivity index (χ3n) is 3.35. The Hall–Kier alpha value is -0.930. The van der Waals surface area contributed by atoms with E-state index in [4.69, 9.17) is 4.74 Å². The Kier molecular flexibility index (Phi) is 3.79.